The monoisotopic (exact) mass is 287 g/mol. The molecule has 0 saturated heterocycles. The number of benzene rings is 1. The number of nitrogens with one attached hydrogen (secondary N) is 1. The maximum absolute atomic E-state index is 12.3. The molecule has 0 bridgehead atoms. The van der Waals surface area contributed by atoms with Crippen molar-refractivity contribution in [1.29, 1.82) is 0 Å². The van der Waals surface area contributed by atoms with Crippen LogP contribution in [0, 0.1) is 18.8 Å². The van der Waals surface area contributed by atoms with E-state index in [0.29, 0.717) is 12.2 Å². The summed E-state index contributed by atoms with van der Waals surface area (Å²) in [5.41, 5.74) is 8.36. The number of anilines is 2. The number of carbonyl (C=O) groups is 1. The number of amides is 1. The van der Waals surface area contributed by atoms with E-state index in [2.05, 4.69) is 10.2 Å². The minimum Gasteiger partial charge on any atom is -0.399 e. The summed E-state index contributed by atoms with van der Waals surface area (Å²) in [5.74, 6) is 1.72. The molecule has 2 aliphatic carbocycles. The van der Waals surface area contributed by atoms with Gasteiger partial charge in [-0.2, -0.15) is 0 Å². The van der Waals surface area contributed by atoms with E-state index in [1.807, 2.05) is 25.1 Å². The first kappa shape index (κ1) is 14.4. The lowest BCUT2D eigenvalue weighted by Crippen LogP contribution is -2.36. The topological polar surface area (TPSA) is 58.4 Å². The van der Waals surface area contributed by atoms with E-state index in [-0.39, 0.29) is 5.91 Å². The van der Waals surface area contributed by atoms with Gasteiger partial charge in [-0.3, -0.25) is 9.69 Å². The molecule has 0 aliphatic heterocycles. The molecular formula is C17H25N3O. The van der Waals surface area contributed by atoms with E-state index in [1.165, 1.54) is 25.7 Å². The van der Waals surface area contributed by atoms with Crippen molar-refractivity contribution in [3.8, 4) is 0 Å². The third-order valence-electron chi connectivity index (χ3n) is 4.33. The summed E-state index contributed by atoms with van der Waals surface area (Å²) in [6.45, 7) is 4.65. The van der Waals surface area contributed by atoms with Crippen molar-refractivity contribution < 1.29 is 4.79 Å². The van der Waals surface area contributed by atoms with Crippen LogP contribution in [-0.2, 0) is 4.79 Å². The SMILES string of the molecule is Cc1ccc(N)cc1NC(=O)CN(CC1CC1)CC1CC1. The van der Waals surface area contributed by atoms with E-state index in [0.717, 1.165) is 36.2 Å². The van der Waals surface area contributed by atoms with Crippen LogP contribution in [0.5, 0.6) is 0 Å². The molecule has 0 spiro atoms. The maximum atomic E-state index is 12.3. The minimum absolute atomic E-state index is 0.0741. The molecule has 0 heterocycles. The molecule has 1 aromatic rings. The van der Waals surface area contributed by atoms with Crippen molar-refractivity contribution in [3.05, 3.63) is 23.8 Å². The Kier molecular flexibility index (Phi) is 4.15. The standard InChI is InChI=1S/C17H25N3O/c1-12-2-7-15(18)8-16(12)19-17(21)11-20(9-13-3-4-13)10-14-5-6-14/h2,7-8,13-14H,3-6,9-11,18H2,1H3,(H,19,21). The average Bonchev–Trinajstić information content (AvgIpc) is 3.30. The van der Waals surface area contributed by atoms with Gasteiger partial charge in [-0.1, -0.05) is 6.07 Å². The van der Waals surface area contributed by atoms with Gasteiger partial charge in [0.1, 0.15) is 0 Å². The molecule has 2 aliphatic rings. The smallest absolute Gasteiger partial charge is 0.238 e. The van der Waals surface area contributed by atoms with Gasteiger partial charge in [0.15, 0.2) is 0 Å². The quantitative estimate of drug-likeness (QED) is 0.758. The van der Waals surface area contributed by atoms with Gasteiger partial charge in [-0.25, -0.2) is 0 Å². The van der Waals surface area contributed by atoms with Crippen molar-refractivity contribution in [2.75, 3.05) is 30.7 Å². The summed E-state index contributed by atoms with van der Waals surface area (Å²) < 4.78 is 0. The van der Waals surface area contributed by atoms with Crippen LogP contribution in [0.1, 0.15) is 31.2 Å². The van der Waals surface area contributed by atoms with Gasteiger partial charge in [0.05, 0.1) is 6.54 Å². The van der Waals surface area contributed by atoms with E-state index < -0.39 is 0 Å². The summed E-state index contributed by atoms with van der Waals surface area (Å²) in [6.07, 6.45) is 5.32. The molecule has 0 radical (unpaired) electrons. The van der Waals surface area contributed by atoms with Crippen LogP contribution in [0.15, 0.2) is 18.2 Å². The molecule has 0 aromatic heterocycles. The Balaban J connectivity index is 1.56. The molecule has 114 valence electrons. The lowest BCUT2D eigenvalue weighted by molar-refractivity contribution is -0.117. The fourth-order valence-electron chi connectivity index (χ4n) is 2.70. The third-order valence-corrected chi connectivity index (χ3v) is 4.33. The van der Waals surface area contributed by atoms with Crippen LogP contribution in [0.3, 0.4) is 0 Å². The predicted octanol–water partition coefficient (Wildman–Crippen LogP) is 2.64. The lowest BCUT2D eigenvalue weighted by atomic mass is 10.2. The van der Waals surface area contributed by atoms with E-state index >= 15 is 0 Å². The van der Waals surface area contributed by atoms with Crippen LogP contribution in [0.25, 0.3) is 0 Å². The second-order valence-corrected chi connectivity index (χ2v) is 6.70. The highest BCUT2D eigenvalue weighted by molar-refractivity contribution is 5.93. The van der Waals surface area contributed by atoms with Gasteiger partial charge in [-0.05, 0) is 62.1 Å². The predicted molar refractivity (Wildman–Crippen MR) is 86.1 cm³/mol. The molecule has 0 atom stereocenters. The number of hydrogen-bond donors (Lipinski definition) is 2. The number of rotatable bonds is 7. The highest BCUT2D eigenvalue weighted by atomic mass is 16.2. The zero-order valence-electron chi connectivity index (χ0n) is 12.8. The van der Waals surface area contributed by atoms with Gasteiger partial charge in [-0.15, -0.1) is 0 Å². The zero-order chi connectivity index (χ0) is 14.8. The lowest BCUT2D eigenvalue weighted by Gasteiger charge is -2.21. The molecule has 1 amide bonds. The normalized spacial score (nSPS) is 18.0. The molecule has 2 saturated carbocycles. The first-order chi connectivity index (χ1) is 10.1. The fourth-order valence-corrected chi connectivity index (χ4v) is 2.70. The summed E-state index contributed by atoms with van der Waals surface area (Å²) in [6, 6.07) is 5.63. The fraction of sp³-hybridized carbons (Fsp3) is 0.588. The van der Waals surface area contributed by atoms with Crippen molar-refractivity contribution in [2.45, 2.75) is 32.6 Å². The minimum atomic E-state index is 0.0741. The van der Waals surface area contributed by atoms with Crippen molar-refractivity contribution in [2.24, 2.45) is 11.8 Å². The average molecular weight is 287 g/mol. The summed E-state index contributed by atoms with van der Waals surface area (Å²) in [4.78, 5) is 14.6. The first-order valence-electron chi connectivity index (χ1n) is 7.98. The molecule has 3 N–H and O–H groups in total. The van der Waals surface area contributed by atoms with Crippen LogP contribution < -0.4 is 11.1 Å². The van der Waals surface area contributed by atoms with Crippen LogP contribution >= 0.6 is 0 Å². The highest BCUT2D eigenvalue weighted by Gasteiger charge is 2.30. The van der Waals surface area contributed by atoms with E-state index in [1.54, 1.807) is 0 Å². The molecule has 2 fully saturated rings. The Hall–Kier alpha value is -1.55. The van der Waals surface area contributed by atoms with Crippen LogP contribution in [-0.4, -0.2) is 30.4 Å². The number of nitrogens with zero attached hydrogens (tertiary/aromatic N) is 1. The van der Waals surface area contributed by atoms with Gasteiger partial charge in [0, 0.05) is 24.5 Å². The molecule has 3 rings (SSSR count). The molecular weight excluding hydrogens is 262 g/mol. The van der Waals surface area contributed by atoms with Crippen LogP contribution in [0.4, 0.5) is 11.4 Å². The Bertz CT molecular complexity index is 507. The third kappa shape index (κ3) is 4.46. The number of aryl methyl sites for hydroxylation is 1. The van der Waals surface area contributed by atoms with E-state index in [4.69, 9.17) is 5.73 Å². The summed E-state index contributed by atoms with van der Waals surface area (Å²) in [5, 5.41) is 3.01. The first-order valence-corrected chi connectivity index (χ1v) is 7.98. The number of hydrogen-bond acceptors (Lipinski definition) is 3. The Morgan fingerprint density at radius 3 is 2.43 bits per heavy atom. The molecule has 1 aromatic carbocycles. The molecule has 21 heavy (non-hydrogen) atoms. The molecule has 4 heteroatoms. The van der Waals surface area contributed by atoms with Gasteiger partial charge >= 0.3 is 0 Å². The second kappa shape index (κ2) is 6.06. The Morgan fingerprint density at radius 2 is 1.86 bits per heavy atom. The van der Waals surface area contributed by atoms with Crippen molar-refractivity contribution in [3.63, 3.8) is 0 Å². The van der Waals surface area contributed by atoms with Crippen molar-refractivity contribution in [1.82, 2.24) is 4.90 Å². The van der Waals surface area contributed by atoms with Gasteiger partial charge in [0.2, 0.25) is 5.91 Å². The summed E-state index contributed by atoms with van der Waals surface area (Å²) in [7, 11) is 0. The van der Waals surface area contributed by atoms with E-state index in [9.17, 15) is 4.79 Å². The number of carbonyl (C=O) groups excluding carboxylic acids is 1. The second-order valence-electron chi connectivity index (χ2n) is 6.70. The van der Waals surface area contributed by atoms with Crippen LogP contribution in [0.2, 0.25) is 0 Å². The largest absolute Gasteiger partial charge is 0.399 e. The summed E-state index contributed by atoms with van der Waals surface area (Å²) >= 11 is 0. The number of nitrogens with two attached hydrogens (primary N) is 1. The van der Waals surface area contributed by atoms with Crippen molar-refractivity contribution >= 4 is 17.3 Å². The zero-order valence-corrected chi connectivity index (χ0v) is 12.8. The molecule has 4 nitrogen and oxygen atoms in total. The Morgan fingerprint density at radius 1 is 1.24 bits per heavy atom. The molecule has 0 unspecified atom stereocenters. The van der Waals surface area contributed by atoms with Gasteiger partial charge in [0.25, 0.3) is 0 Å². The maximum Gasteiger partial charge on any atom is 0.238 e. The Labute approximate surface area is 126 Å². The highest BCUT2D eigenvalue weighted by Crippen LogP contribution is 2.33. The van der Waals surface area contributed by atoms with Gasteiger partial charge < -0.3 is 11.1 Å². The number of nitrogen functional groups attached to an aromatic ring is 1.